The lowest BCUT2D eigenvalue weighted by Crippen LogP contribution is -2.52. The highest BCUT2D eigenvalue weighted by molar-refractivity contribution is 9.10. The van der Waals surface area contributed by atoms with Gasteiger partial charge in [0.25, 0.3) is 5.91 Å². The van der Waals surface area contributed by atoms with E-state index < -0.39 is 33.7 Å². The third-order valence-electron chi connectivity index (χ3n) is 6.97. The molecule has 0 aliphatic carbocycles. The van der Waals surface area contributed by atoms with Crippen LogP contribution < -0.4 is 5.32 Å². The molecule has 0 saturated carbocycles. The fourth-order valence-electron chi connectivity index (χ4n) is 5.10. The van der Waals surface area contributed by atoms with Crippen LogP contribution in [0.2, 0.25) is 0 Å². The molecular weight excluding hydrogens is 541 g/mol. The van der Waals surface area contributed by atoms with Gasteiger partial charge in [-0.2, -0.15) is 4.31 Å². The third kappa shape index (κ3) is 4.41. The second-order valence-electron chi connectivity index (χ2n) is 9.07. The summed E-state index contributed by atoms with van der Waals surface area (Å²) >= 11 is 3.30. The van der Waals surface area contributed by atoms with Gasteiger partial charge in [0, 0.05) is 36.1 Å². The van der Waals surface area contributed by atoms with Crippen molar-refractivity contribution in [2.24, 2.45) is 0 Å². The van der Waals surface area contributed by atoms with Crippen LogP contribution in [0.4, 0.5) is 4.39 Å². The van der Waals surface area contributed by atoms with Crippen molar-refractivity contribution in [2.45, 2.75) is 49.1 Å². The van der Waals surface area contributed by atoms with Crippen LogP contribution in [-0.2, 0) is 26.2 Å². The number of fused-ring (bicyclic) bond motifs is 1. The smallest absolute Gasteiger partial charge is 0.255 e. The van der Waals surface area contributed by atoms with Crippen LogP contribution in [0, 0.1) is 5.82 Å². The number of imide groups is 1. The van der Waals surface area contributed by atoms with Gasteiger partial charge in [-0.1, -0.05) is 28.1 Å². The summed E-state index contributed by atoms with van der Waals surface area (Å²) in [5.41, 5.74) is 1.33. The summed E-state index contributed by atoms with van der Waals surface area (Å²) < 4.78 is 43.2. The molecule has 3 aliphatic heterocycles. The molecule has 1 unspecified atom stereocenters. The third-order valence-corrected chi connectivity index (χ3v) is 9.36. The van der Waals surface area contributed by atoms with Gasteiger partial charge in [0.1, 0.15) is 11.9 Å². The lowest BCUT2D eigenvalue weighted by Gasteiger charge is -2.31. The predicted octanol–water partition coefficient (Wildman–Crippen LogP) is 2.92. The van der Waals surface area contributed by atoms with Crippen molar-refractivity contribution in [2.75, 3.05) is 13.1 Å². The summed E-state index contributed by atoms with van der Waals surface area (Å²) in [4.78, 5) is 38.2. The summed E-state index contributed by atoms with van der Waals surface area (Å²) in [6.45, 7) is 0.693. The fraction of sp³-hybridized carbons (Fsp3) is 0.375. The van der Waals surface area contributed by atoms with Gasteiger partial charge in [-0.05, 0) is 60.6 Å². The number of nitrogens with one attached hydrogen (secondary N) is 1. The summed E-state index contributed by atoms with van der Waals surface area (Å²) in [5, 5.41) is 2.26. The zero-order chi connectivity index (χ0) is 24.9. The van der Waals surface area contributed by atoms with Gasteiger partial charge in [-0.25, -0.2) is 12.8 Å². The minimum Gasteiger partial charge on any atom is -0.322 e. The first-order valence-corrected chi connectivity index (χ1v) is 13.6. The molecule has 2 saturated heterocycles. The minimum absolute atomic E-state index is 0.150. The maximum atomic E-state index is 15.1. The number of hydrogen-bond donors (Lipinski definition) is 1. The highest BCUT2D eigenvalue weighted by Crippen LogP contribution is 2.36. The Labute approximate surface area is 210 Å². The lowest BCUT2D eigenvalue weighted by molar-refractivity contribution is -0.136. The number of rotatable bonds is 4. The maximum absolute atomic E-state index is 15.1. The normalized spacial score (nSPS) is 21.8. The molecule has 0 radical (unpaired) electrons. The zero-order valence-corrected chi connectivity index (χ0v) is 21.1. The van der Waals surface area contributed by atoms with Crippen LogP contribution in [0.1, 0.15) is 53.1 Å². The van der Waals surface area contributed by atoms with Gasteiger partial charge >= 0.3 is 0 Å². The number of benzene rings is 2. The number of halogens is 2. The van der Waals surface area contributed by atoms with E-state index in [0.29, 0.717) is 28.4 Å². The molecule has 11 heteroatoms. The van der Waals surface area contributed by atoms with Crippen LogP contribution in [0.25, 0.3) is 0 Å². The first-order chi connectivity index (χ1) is 16.6. The van der Waals surface area contributed by atoms with Crippen molar-refractivity contribution in [3.63, 3.8) is 0 Å². The number of piperidine rings is 2. The lowest BCUT2D eigenvalue weighted by atomic mass is 9.88. The van der Waals surface area contributed by atoms with Crippen LogP contribution in [0.3, 0.4) is 0 Å². The molecule has 184 valence electrons. The molecule has 3 aliphatic rings. The summed E-state index contributed by atoms with van der Waals surface area (Å²) in [6.07, 6.45) is 1.30. The first-order valence-electron chi connectivity index (χ1n) is 11.4. The van der Waals surface area contributed by atoms with Crippen molar-refractivity contribution in [3.8, 4) is 0 Å². The average Bonchev–Trinajstić information content (AvgIpc) is 3.14. The van der Waals surface area contributed by atoms with E-state index >= 15 is 4.39 Å². The van der Waals surface area contributed by atoms with Gasteiger partial charge in [-0.15, -0.1) is 0 Å². The van der Waals surface area contributed by atoms with Crippen molar-refractivity contribution < 1.29 is 27.2 Å². The monoisotopic (exact) mass is 563 g/mol. The molecule has 0 bridgehead atoms. The van der Waals surface area contributed by atoms with Crippen LogP contribution in [-0.4, -0.2) is 54.5 Å². The highest BCUT2D eigenvalue weighted by Gasteiger charge is 2.40. The molecule has 1 N–H and O–H groups in total. The van der Waals surface area contributed by atoms with E-state index in [2.05, 4.69) is 21.2 Å². The van der Waals surface area contributed by atoms with E-state index in [1.54, 1.807) is 30.3 Å². The van der Waals surface area contributed by atoms with Gasteiger partial charge < -0.3 is 4.90 Å². The van der Waals surface area contributed by atoms with E-state index in [1.807, 2.05) is 0 Å². The van der Waals surface area contributed by atoms with Crippen LogP contribution >= 0.6 is 15.9 Å². The Kier molecular flexibility index (Phi) is 6.27. The fourth-order valence-corrected chi connectivity index (χ4v) is 7.17. The van der Waals surface area contributed by atoms with Gasteiger partial charge in [0.05, 0.1) is 4.90 Å². The number of amides is 3. The summed E-state index contributed by atoms with van der Waals surface area (Å²) in [5.74, 6) is -1.99. The number of carbonyl (C=O) groups excluding carboxylic acids is 3. The number of hydrogen-bond acceptors (Lipinski definition) is 5. The SMILES string of the molecule is O=C1CCC(N2Cc3cc(C4CCN(S(=O)(=O)c5cccc(Br)c5)CC4)c(F)cc3C2=O)C(=O)N1. The first kappa shape index (κ1) is 24.1. The Balaban J connectivity index is 1.31. The van der Waals surface area contributed by atoms with Crippen LogP contribution in [0.5, 0.6) is 0 Å². The van der Waals surface area contributed by atoms with E-state index in [0.717, 1.165) is 0 Å². The number of sulfonamides is 1. The van der Waals surface area contributed by atoms with Crippen molar-refractivity contribution in [1.82, 2.24) is 14.5 Å². The van der Waals surface area contributed by atoms with E-state index in [-0.39, 0.29) is 54.8 Å². The Morgan fingerprint density at radius 1 is 1.03 bits per heavy atom. The van der Waals surface area contributed by atoms with Crippen molar-refractivity contribution in [1.29, 1.82) is 0 Å². The largest absolute Gasteiger partial charge is 0.322 e. The van der Waals surface area contributed by atoms with E-state index in [4.69, 9.17) is 0 Å². The van der Waals surface area contributed by atoms with Crippen LogP contribution in [0.15, 0.2) is 45.8 Å². The quantitative estimate of drug-likeness (QED) is 0.576. The zero-order valence-electron chi connectivity index (χ0n) is 18.7. The molecule has 2 aromatic carbocycles. The summed E-state index contributed by atoms with van der Waals surface area (Å²) in [7, 11) is -3.65. The minimum atomic E-state index is -3.65. The molecule has 0 aromatic heterocycles. The molecule has 2 fully saturated rings. The standard InChI is InChI=1S/C24H23BrFN3O5S/c25-16-2-1-3-17(11-16)35(33,34)28-8-6-14(7-9-28)18-10-15-13-29(24(32)19(15)12-20(18)26)21-4-5-22(30)27-23(21)31/h1-3,10-12,14,21H,4-9,13H2,(H,27,30,31). The van der Waals surface area contributed by atoms with Gasteiger partial charge in [0.2, 0.25) is 21.8 Å². The Morgan fingerprint density at radius 3 is 2.46 bits per heavy atom. The average molecular weight is 564 g/mol. The predicted molar refractivity (Wildman–Crippen MR) is 127 cm³/mol. The molecule has 1 atom stereocenters. The van der Waals surface area contributed by atoms with Gasteiger partial charge in [-0.3, -0.25) is 19.7 Å². The molecule has 2 aromatic rings. The van der Waals surface area contributed by atoms with E-state index in [9.17, 15) is 22.8 Å². The maximum Gasteiger partial charge on any atom is 0.255 e. The molecule has 3 amide bonds. The number of carbonyl (C=O) groups is 3. The molecule has 5 rings (SSSR count). The number of nitrogens with zero attached hydrogens (tertiary/aromatic N) is 2. The summed E-state index contributed by atoms with van der Waals surface area (Å²) in [6, 6.07) is 8.69. The Bertz CT molecular complexity index is 1340. The molecule has 8 nitrogen and oxygen atoms in total. The topological polar surface area (TPSA) is 104 Å². The van der Waals surface area contributed by atoms with Crippen molar-refractivity contribution in [3.05, 3.63) is 63.4 Å². The molecule has 0 spiro atoms. The Hall–Kier alpha value is -2.63. The van der Waals surface area contributed by atoms with Crippen molar-refractivity contribution >= 4 is 43.7 Å². The molecular formula is C24H23BrFN3O5S. The highest BCUT2D eigenvalue weighted by atomic mass is 79.9. The molecule has 35 heavy (non-hydrogen) atoms. The van der Waals surface area contributed by atoms with Gasteiger partial charge in [0.15, 0.2) is 0 Å². The van der Waals surface area contributed by atoms with E-state index in [1.165, 1.54) is 15.3 Å². The molecule has 3 heterocycles. The second-order valence-corrected chi connectivity index (χ2v) is 11.9. The second kappa shape index (κ2) is 9.11. The Morgan fingerprint density at radius 2 is 1.77 bits per heavy atom.